The summed E-state index contributed by atoms with van der Waals surface area (Å²) in [4.78, 5) is 37.7. The van der Waals surface area contributed by atoms with Gasteiger partial charge in [-0.1, -0.05) is 28.8 Å². The predicted molar refractivity (Wildman–Crippen MR) is 91.9 cm³/mol. The fraction of sp³-hybridized carbons (Fsp3) is 0.400. The first-order valence-corrected chi connectivity index (χ1v) is 8.89. The minimum atomic E-state index is -0.782. The highest BCUT2D eigenvalue weighted by atomic mass is 79.9. The number of urea groups is 1. The lowest BCUT2D eigenvalue weighted by atomic mass is 9.98. The average Bonchev–Trinajstić information content (AvgIpc) is 3.04. The fourth-order valence-electron chi connectivity index (χ4n) is 3.06. The van der Waals surface area contributed by atoms with Crippen molar-refractivity contribution in [1.29, 1.82) is 0 Å². The minimum absolute atomic E-state index is 0.283. The molecule has 1 aromatic carbocycles. The molecule has 3 rings (SSSR count). The number of rotatable bonds is 3. The molecule has 1 aromatic rings. The van der Waals surface area contributed by atoms with Crippen molar-refractivity contribution in [3.8, 4) is 0 Å². The molecule has 122 valence electrons. The molecule has 1 aliphatic carbocycles. The summed E-state index contributed by atoms with van der Waals surface area (Å²) >= 11 is 6.69. The Balaban J connectivity index is 1.68. The molecule has 0 aromatic heterocycles. The van der Waals surface area contributed by atoms with Crippen molar-refractivity contribution in [3.63, 3.8) is 0 Å². The van der Waals surface area contributed by atoms with Crippen LogP contribution in [0.4, 0.5) is 10.5 Å². The molecule has 2 N–H and O–H groups in total. The highest BCUT2D eigenvalue weighted by Crippen LogP contribution is 2.35. The molecule has 4 amide bonds. The summed E-state index contributed by atoms with van der Waals surface area (Å²) in [5, 5.41) is 5.46. The molecule has 2 fully saturated rings. The van der Waals surface area contributed by atoms with Crippen molar-refractivity contribution in [2.24, 2.45) is 0 Å². The molecule has 23 heavy (non-hydrogen) atoms. The van der Waals surface area contributed by atoms with E-state index < -0.39 is 17.5 Å². The molecule has 1 heterocycles. The Bertz CT molecular complexity index is 687. The van der Waals surface area contributed by atoms with Crippen molar-refractivity contribution < 1.29 is 14.4 Å². The SMILES string of the molecule is O=C(CN1C(=O)NC2(CCCC2)C1=O)Nc1ccc(Br)cc1Br. The van der Waals surface area contributed by atoms with E-state index in [4.69, 9.17) is 0 Å². The molecule has 2 aliphatic rings. The molecule has 1 spiro atoms. The molecule has 0 unspecified atom stereocenters. The Morgan fingerprint density at radius 2 is 1.96 bits per heavy atom. The van der Waals surface area contributed by atoms with Gasteiger partial charge in [-0.15, -0.1) is 0 Å². The summed E-state index contributed by atoms with van der Waals surface area (Å²) in [5.41, 5.74) is -0.198. The number of amides is 4. The van der Waals surface area contributed by atoms with E-state index in [-0.39, 0.29) is 12.5 Å². The molecule has 1 saturated heterocycles. The fourth-order valence-corrected chi connectivity index (χ4v) is 4.21. The molecule has 0 bridgehead atoms. The molecule has 1 aliphatic heterocycles. The Morgan fingerprint density at radius 1 is 1.26 bits per heavy atom. The van der Waals surface area contributed by atoms with Gasteiger partial charge >= 0.3 is 6.03 Å². The zero-order chi connectivity index (χ0) is 16.6. The zero-order valence-corrected chi connectivity index (χ0v) is 15.4. The number of hydrogen-bond donors (Lipinski definition) is 2. The first-order chi connectivity index (χ1) is 10.9. The van der Waals surface area contributed by atoms with Gasteiger partial charge in [0, 0.05) is 8.95 Å². The van der Waals surface area contributed by atoms with Gasteiger partial charge in [0.1, 0.15) is 12.1 Å². The Labute approximate surface area is 150 Å². The lowest BCUT2D eigenvalue weighted by Crippen LogP contribution is -2.44. The third-order valence-electron chi connectivity index (χ3n) is 4.21. The monoisotopic (exact) mass is 443 g/mol. The Morgan fingerprint density at radius 3 is 2.61 bits per heavy atom. The smallest absolute Gasteiger partial charge is 0.323 e. The lowest BCUT2D eigenvalue weighted by molar-refractivity contribution is -0.133. The summed E-state index contributed by atoms with van der Waals surface area (Å²) < 4.78 is 1.59. The quantitative estimate of drug-likeness (QED) is 0.703. The summed E-state index contributed by atoms with van der Waals surface area (Å²) in [7, 11) is 0. The highest BCUT2D eigenvalue weighted by molar-refractivity contribution is 9.11. The molecule has 8 heteroatoms. The summed E-state index contributed by atoms with van der Waals surface area (Å²) in [5.74, 6) is -0.698. The number of halogens is 2. The normalized spacial score (nSPS) is 19.3. The van der Waals surface area contributed by atoms with Crippen LogP contribution in [-0.2, 0) is 9.59 Å². The maximum absolute atomic E-state index is 12.5. The van der Waals surface area contributed by atoms with Gasteiger partial charge in [0.15, 0.2) is 0 Å². The Hall–Kier alpha value is -1.41. The number of hydrogen-bond acceptors (Lipinski definition) is 3. The first-order valence-electron chi connectivity index (χ1n) is 7.30. The third kappa shape index (κ3) is 3.14. The van der Waals surface area contributed by atoms with Crippen LogP contribution < -0.4 is 10.6 Å². The number of anilines is 1. The molecule has 0 radical (unpaired) electrons. The third-order valence-corrected chi connectivity index (χ3v) is 5.36. The first kappa shape index (κ1) is 16.4. The second kappa shape index (κ2) is 6.24. The van der Waals surface area contributed by atoms with E-state index in [1.165, 1.54) is 0 Å². The van der Waals surface area contributed by atoms with E-state index in [0.29, 0.717) is 23.0 Å². The highest BCUT2D eigenvalue weighted by Gasteiger charge is 2.52. The lowest BCUT2D eigenvalue weighted by Gasteiger charge is -2.19. The van der Waals surface area contributed by atoms with E-state index in [9.17, 15) is 14.4 Å². The predicted octanol–water partition coefficient (Wildman–Crippen LogP) is 3.01. The van der Waals surface area contributed by atoms with Crippen LogP contribution in [0.3, 0.4) is 0 Å². The topological polar surface area (TPSA) is 78.5 Å². The summed E-state index contributed by atoms with van der Waals surface area (Å²) in [6, 6.07) is 4.84. The number of carbonyl (C=O) groups excluding carboxylic acids is 3. The van der Waals surface area contributed by atoms with E-state index in [0.717, 1.165) is 22.2 Å². The van der Waals surface area contributed by atoms with Crippen LogP contribution in [0.1, 0.15) is 25.7 Å². The number of nitrogens with zero attached hydrogens (tertiary/aromatic N) is 1. The van der Waals surface area contributed by atoms with Gasteiger partial charge in [0.25, 0.3) is 5.91 Å². The van der Waals surface area contributed by atoms with E-state index >= 15 is 0 Å². The van der Waals surface area contributed by atoms with Crippen molar-refractivity contribution >= 4 is 55.4 Å². The van der Waals surface area contributed by atoms with Gasteiger partial charge in [-0.2, -0.15) is 0 Å². The molecular weight excluding hydrogens is 430 g/mol. The average molecular weight is 445 g/mol. The molecule has 1 saturated carbocycles. The summed E-state index contributed by atoms with van der Waals surface area (Å²) in [6.07, 6.45) is 3.12. The van der Waals surface area contributed by atoms with Crippen LogP contribution in [0.2, 0.25) is 0 Å². The summed E-state index contributed by atoms with van der Waals surface area (Å²) in [6.45, 7) is -0.283. The second-order valence-electron chi connectivity index (χ2n) is 5.78. The van der Waals surface area contributed by atoms with Crippen molar-refractivity contribution in [2.75, 3.05) is 11.9 Å². The maximum Gasteiger partial charge on any atom is 0.325 e. The van der Waals surface area contributed by atoms with Crippen molar-refractivity contribution in [2.45, 2.75) is 31.2 Å². The van der Waals surface area contributed by atoms with Gasteiger partial charge in [-0.3, -0.25) is 14.5 Å². The van der Waals surface area contributed by atoms with Gasteiger partial charge in [0.05, 0.1) is 5.69 Å². The van der Waals surface area contributed by atoms with Gasteiger partial charge in [0.2, 0.25) is 5.91 Å². The number of imide groups is 1. The number of benzene rings is 1. The van der Waals surface area contributed by atoms with E-state index in [1.807, 2.05) is 0 Å². The van der Waals surface area contributed by atoms with Crippen LogP contribution in [-0.4, -0.2) is 34.8 Å². The van der Waals surface area contributed by atoms with E-state index in [1.54, 1.807) is 18.2 Å². The molecule has 6 nitrogen and oxygen atoms in total. The largest absolute Gasteiger partial charge is 0.325 e. The number of nitrogens with one attached hydrogen (secondary N) is 2. The van der Waals surface area contributed by atoms with Crippen LogP contribution >= 0.6 is 31.9 Å². The minimum Gasteiger partial charge on any atom is -0.323 e. The standard InChI is InChI=1S/C15H15Br2N3O3/c16-9-3-4-11(10(17)7-9)18-12(21)8-20-13(22)15(19-14(20)23)5-1-2-6-15/h3-4,7H,1-2,5-6,8H2,(H,18,21)(H,19,23). The Kier molecular flexibility index (Phi) is 4.46. The molecular formula is C15H15Br2N3O3. The maximum atomic E-state index is 12.5. The van der Waals surface area contributed by atoms with Gasteiger partial charge in [-0.05, 0) is 47.0 Å². The van der Waals surface area contributed by atoms with Gasteiger partial charge < -0.3 is 10.6 Å². The molecule has 0 atom stereocenters. The van der Waals surface area contributed by atoms with Crippen LogP contribution in [0, 0.1) is 0 Å². The zero-order valence-electron chi connectivity index (χ0n) is 12.2. The van der Waals surface area contributed by atoms with Crippen molar-refractivity contribution in [3.05, 3.63) is 27.1 Å². The van der Waals surface area contributed by atoms with Crippen LogP contribution in [0.15, 0.2) is 27.1 Å². The van der Waals surface area contributed by atoms with Crippen LogP contribution in [0.5, 0.6) is 0 Å². The second-order valence-corrected chi connectivity index (χ2v) is 7.55. The van der Waals surface area contributed by atoms with E-state index in [2.05, 4.69) is 42.5 Å². The van der Waals surface area contributed by atoms with Crippen LogP contribution in [0.25, 0.3) is 0 Å². The van der Waals surface area contributed by atoms with Crippen molar-refractivity contribution in [1.82, 2.24) is 10.2 Å². The van der Waals surface area contributed by atoms with Gasteiger partial charge in [-0.25, -0.2) is 4.79 Å². The number of carbonyl (C=O) groups is 3.